The molecule has 100 valence electrons. The summed E-state index contributed by atoms with van der Waals surface area (Å²) in [6, 6.07) is 0.538. The summed E-state index contributed by atoms with van der Waals surface area (Å²) in [5.74, 6) is 0.176. The van der Waals surface area contributed by atoms with E-state index >= 15 is 0 Å². The first kappa shape index (κ1) is 14.5. The van der Waals surface area contributed by atoms with Crippen molar-refractivity contribution in [3.05, 3.63) is 0 Å². The fourth-order valence-corrected chi connectivity index (χ4v) is 2.32. The fourth-order valence-electron chi connectivity index (χ4n) is 2.32. The number of likely N-dealkylation sites (tertiary alicyclic amines) is 1. The van der Waals surface area contributed by atoms with Gasteiger partial charge in [-0.1, -0.05) is 20.3 Å². The Morgan fingerprint density at radius 3 is 2.88 bits per heavy atom. The van der Waals surface area contributed by atoms with E-state index in [1.165, 1.54) is 19.3 Å². The largest absolute Gasteiger partial charge is 0.355 e. The molecule has 1 amide bonds. The van der Waals surface area contributed by atoms with Gasteiger partial charge in [-0.05, 0) is 32.4 Å². The summed E-state index contributed by atoms with van der Waals surface area (Å²) < 4.78 is 0. The number of carbonyl (C=O) groups excluding carboxylic acids is 1. The number of piperidine rings is 1. The van der Waals surface area contributed by atoms with Crippen LogP contribution in [0.5, 0.6) is 0 Å². The highest BCUT2D eigenvalue weighted by atomic mass is 16.2. The van der Waals surface area contributed by atoms with Gasteiger partial charge in [-0.3, -0.25) is 9.69 Å². The van der Waals surface area contributed by atoms with E-state index in [0.717, 1.165) is 32.6 Å². The van der Waals surface area contributed by atoms with Crippen LogP contribution in [-0.2, 0) is 4.79 Å². The first-order valence-electron chi connectivity index (χ1n) is 6.99. The van der Waals surface area contributed by atoms with Gasteiger partial charge in [-0.2, -0.15) is 0 Å². The van der Waals surface area contributed by atoms with Crippen LogP contribution >= 0.6 is 0 Å². The summed E-state index contributed by atoms with van der Waals surface area (Å²) in [6.45, 7) is 8.65. The van der Waals surface area contributed by atoms with Gasteiger partial charge in [0.15, 0.2) is 0 Å². The molecular formula is C13H27N3O. The standard InChI is InChI=1S/C13H27N3O/c1-3-8-15-13(17)11-16-9-6-5-7-12(16)10-14-4-2/h12,14H,3-11H2,1-2H3,(H,15,17). The molecule has 1 unspecified atom stereocenters. The lowest BCUT2D eigenvalue weighted by molar-refractivity contribution is -0.123. The minimum absolute atomic E-state index is 0.176. The maximum Gasteiger partial charge on any atom is 0.234 e. The van der Waals surface area contributed by atoms with Gasteiger partial charge in [0.25, 0.3) is 0 Å². The third kappa shape index (κ3) is 5.50. The monoisotopic (exact) mass is 241 g/mol. The van der Waals surface area contributed by atoms with Crippen LogP contribution in [0.1, 0.15) is 39.5 Å². The Bertz CT molecular complexity index is 221. The number of amides is 1. The SMILES string of the molecule is CCCNC(=O)CN1CCCCC1CNCC. The Morgan fingerprint density at radius 1 is 1.35 bits per heavy atom. The summed E-state index contributed by atoms with van der Waals surface area (Å²) in [5.41, 5.74) is 0. The van der Waals surface area contributed by atoms with Crippen molar-refractivity contribution in [2.24, 2.45) is 0 Å². The summed E-state index contributed by atoms with van der Waals surface area (Å²) in [6.07, 6.45) is 4.74. The first-order valence-corrected chi connectivity index (χ1v) is 6.99. The average molecular weight is 241 g/mol. The predicted octanol–water partition coefficient (Wildman–Crippen LogP) is 0.977. The average Bonchev–Trinajstić information content (AvgIpc) is 2.35. The van der Waals surface area contributed by atoms with Gasteiger partial charge in [0.1, 0.15) is 0 Å². The fraction of sp³-hybridized carbons (Fsp3) is 0.923. The number of hydrogen-bond acceptors (Lipinski definition) is 3. The Labute approximate surface area is 105 Å². The molecule has 1 heterocycles. The molecule has 0 aromatic carbocycles. The highest BCUT2D eigenvalue weighted by Gasteiger charge is 2.23. The molecule has 0 radical (unpaired) electrons. The van der Waals surface area contributed by atoms with Gasteiger partial charge in [0.2, 0.25) is 5.91 Å². The maximum atomic E-state index is 11.7. The Balaban J connectivity index is 2.33. The van der Waals surface area contributed by atoms with Gasteiger partial charge in [0, 0.05) is 19.1 Å². The Hall–Kier alpha value is -0.610. The van der Waals surface area contributed by atoms with Gasteiger partial charge in [0.05, 0.1) is 6.54 Å². The van der Waals surface area contributed by atoms with E-state index in [1.54, 1.807) is 0 Å². The predicted molar refractivity (Wildman–Crippen MR) is 71.1 cm³/mol. The number of hydrogen-bond donors (Lipinski definition) is 2. The van der Waals surface area contributed by atoms with E-state index in [9.17, 15) is 4.79 Å². The highest BCUT2D eigenvalue weighted by Crippen LogP contribution is 2.15. The molecule has 1 fully saturated rings. The molecule has 0 aromatic heterocycles. The van der Waals surface area contributed by atoms with E-state index in [0.29, 0.717) is 12.6 Å². The minimum atomic E-state index is 0.176. The minimum Gasteiger partial charge on any atom is -0.355 e. The lowest BCUT2D eigenvalue weighted by Gasteiger charge is -2.35. The van der Waals surface area contributed by atoms with Crippen molar-refractivity contribution >= 4 is 5.91 Å². The van der Waals surface area contributed by atoms with Crippen molar-refractivity contribution in [2.75, 3.05) is 32.7 Å². The molecule has 17 heavy (non-hydrogen) atoms. The third-order valence-electron chi connectivity index (χ3n) is 3.30. The van der Waals surface area contributed by atoms with Crippen molar-refractivity contribution in [3.8, 4) is 0 Å². The normalized spacial score (nSPS) is 21.4. The van der Waals surface area contributed by atoms with Crippen LogP contribution in [0.15, 0.2) is 0 Å². The molecule has 0 aromatic rings. The van der Waals surface area contributed by atoms with Crippen LogP contribution in [0.25, 0.3) is 0 Å². The number of carbonyl (C=O) groups is 1. The Morgan fingerprint density at radius 2 is 2.18 bits per heavy atom. The summed E-state index contributed by atoms with van der Waals surface area (Å²) >= 11 is 0. The molecule has 4 heteroatoms. The molecule has 0 aliphatic carbocycles. The van der Waals surface area contributed by atoms with Crippen LogP contribution in [0.4, 0.5) is 0 Å². The first-order chi connectivity index (χ1) is 8.27. The maximum absolute atomic E-state index is 11.7. The van der Waals surface area contributed by atoms with E-state index in [4.69, 9.17) is 0 Å². The van der Waals surface area contributed by atoms with Crippen molar-refractivity contribution in [2.45, 2.75) is 45.6 Å². The zero-order valence-corrected chi connectivity index (χ0v) is 11.3. The van der Waals surface area contributed by atoms with Crippen molar-refractivity contribution in [1.29, 1.82) is 0 Å². The topological polar surface area (TPSA) is 44.4 Å². The smallest absolute Gasteiger partial charge is 0.234 e. The molecule has 1 atom stereocenters. The lowest BCUT2D eigenvalue weighted by Crippen LogP contribution is -2.49. The van der Waals surface area contributed by atoms with Gasteiger partial charge >= 0.3 is 0 Å². The molecule has 0 spiro atoms. The highest BCUT2D eigenvalue weighted by molar-refractivity contribution is 5.78. The van der Waals surface area contributed by atoms with E-state index < -0.39 is 0 Å². The zero-order chi connectivity index (χ0) is 12.5. The number of rotatable bonds is 7. The second-order valence-corrected chi connectivity index (χ2v) is 4.78. The van der Waals surface area contributed by atoms with Gasteiger partial charge in [-0.25, -0.2) is 0 Å². The van der Waals surface area contributed by atoms with Crippen molar-refractivity contribution in [3.63, 3.8) is 0 Å². The summed E-state index contributed by atoms with van der Waals surface area (Å²) in [4.78, 5) is 14.0. The van der Waals surface area contributed by atoms with Crippen LogP contribution in [0.3, 0.4) is 0 Å². The molecular weight excluding hydrogens is 214 g/mol. The summed E-state index contributed by atoms with van der Waals surface area (Å²) in [5, 5.41) is 6.35. The number of nitrogens with one attached hydrogen (secondary N) is 2. The molecule has 1 rings (SSSR count). The van der Waals surface area contributed by atoms with Crippen LogP contribution in [0, 0.1) is 0 Å². The molecule has 1 aliphatic heterocycles. The van der Waals surface area contributed by atoms with E-state index in [2.05, 4.69) is 29.4 Å². The lowest BCUT2D eigenvalue weighted by atomic mass is 10.0. The number of nitrogens with zero attached hydrogens (tertiary/aromatic N) is 1. The molecule has 0 saturated carbocycles. The van der Waals surface area contributed by atoms with Crippen LogP contribution in [-0.4, -0.2) is 49.6 Å². The zero-order valence-electron chi connectivity index (χ0n) is 11.3. The quantitative estimate of drug-likeness (QED) is 0.698. The molecule has 1 saturated heterocycles. The number of likely N-dealkylation sites (N-methyl/N-ethyl adjacent to an activating group) is 1. The second kappa shape index (κ2) is 8.48. The van der Waals surface area contributed by atoms with Crippen LogP contribution < -0.4 is 10.6 Å². The summed E-state index contributed by atoms with van der Waals surface area (Å²) in [7, 11) is 0. The third-order valence-corrected chi connectivity index (χ3v) is 3.30. The molecule has 2 N–H and O–H groups in total. The molecule has 1 aliphatic rings. The molecule has 4 nitrogen and oxygen atoms in total. The van der Waals surface area contributed by atoms with Crippen LogP contribution in [0.2, 0.25) is 0 Å². The van der Waals surface area contributed by atoms with Gasteiger partial charge in [-0.15, -0.1) is 0 Å². The van der Waals surface area contributed by atoms with Crippen molar-refractivity contribution in [1.82, 2.24) is 15.5 Å². The second-order valence-electron chi connectivity index (χ2n) is 4.78. The molecule has 0 bridgehead atoms. The van der Waals surface area contributed by atoms with Crippen molar-refractivity contribution < 1.29 is 4.79 Å². The van der Waals surface area contributed by atoms with E-state index in [-0.39, 0.29) is 5.91 Å². The van der Waals surface area contributed by atoms with Gasteiger partial charge < -0.3 is 10.6 Å². The van der Waals surface area contributed by atoms with E-state index in [1.807, 2.05) is 0 Å². The Kier molecular flexibility index (Phi) is 7.21.